The van der Waals surface area contributed by atoms with Gasteiger partial charge in [-0.2, -0.15) is 0 Å². The third-order valence-corrected chi connectivity index (χ3v) is 18.9. The lowest BCUT2D eigenvalue weighted by atomic mass is 10.0. The summed E-state index contributed by atoms with van der Waals surface area (Å²) in [5.41, 5.74) is 0. The molecule has 0 heterocycles. The largest absolute Gasteiger partial charge is 0.477 e. The van der Waals surface area contributed by atoms with E-state index >= 15 is 0 Å². The van der Waals surface area contributed by atoms with E-state index in [9.17, 15) is 19.5 Å². The van der Waals surface area contributed by atoms with Gasteiger partial charge >= 0.3 is 17.9 Å². The van der Waals surface area contributed by atoms with Crippen LogP contribution in [0.3, 0.4) is 0 Å². The summed E-state index contributed by atoms with van der Waals surface area (Å²) in [5, 5.41) is 9.78. The molecule has 0 aromatic heterocycles. The highest BCUT2D eigenvalue weighted by Gasteiger charge is 2.25. The van der Waals surface area contributed by atoms with E-state index in [1.165, 1.54) is 347 Å². The number of hydrogen-bond acceptors (Lipinski definition) is 7. The van der Waals surface area contributed by atoms with Crippen LogP contribution in [-0.2, 0) is 33.3 Å². The fourth-order valence-electron chi connectivity index (χ4n) is 12.6. The number of hydrogen-bond donors (Lipinski definition) is 1. The predicted molar refractivity (Wildman–Crippen MR) is 401 cm³/mol. The third-order valence-electron chi connectivity index (χ3n) is 18.9. The van der Waals surface area contributed by atoms with Gasteiger partial charge in [0, 0.05) is 12.8 Å². The van der Waals surface area contributed by atoms with Crippen molar-refractivity contribution in [3.63, 3.8) is 0 Å². The molecular weight excluding hydrogens is 1150 g/mol. The molecule has 0 aromatic carbocycles. The molecule has 93 heavy (non-hydrogen) atoms. The van der Waals surface area contributed by atoms with Gasteiger partial charge < -0.3 is 28.5 Å². The van der Waals surface area contributed by atoms with E-state index in [2.05, 4.69) is 50.3 Å². The van der Waals surface area contributed by atoms with E-state index < -0.39 is 18.4 Å². The minimum Gasteiger partial charge on any atom is -0.477 e. The summed E-state index contributed by atoms with van der Waals surface area (Å²) in [4.78, 5) is 37.7. The van der Waals surface area contributed by atoms with Gasteiger partial charge in [-0.1, -0.05) is 397 Å². The second-order valence-electron chi connectivity index (χ2n) is 29.4. The average Bonchev–Trinajstić information content (AvgIpc) is 3.38. The van der Waals surface area contributed by atoms with Crippen molar-refractivity contribution in [3.8, 4) is 0 Å². The average molecular weight is 1310 g/mol. The van der Waals surface area contributed by atoms with Gasteiger partial charge in [0.2, 0.25) is 0 Å². The van der Waals surface area contributed by atoms with Gasteiger partial charge in [0.25, 0.3) is 6.29 Å². The number of carboxylic acid groups (broad SMARTS) is 1. The summed E-state index contributed by atoms with van der Waals surface area (Å²) in [6.45, 7) is 4.95. The van der Waals surface area contributed by atoms with Crippen LogP contribution in [0.1, 0.15) is 425 Å². The number of esters is 2. The molecule has 0 spiro atoms. The quantitative estimate of drug-likeness (QED) is 0.0211. The standard InChI is InChI=1S/C84H159NO8/c1-6-8-10-12-14-16-18-20-22-24-26-28-30-32-34-36-37-38-39-40-41-42-43-44-45-47-49-51-53-55-57-59-61-63-65-67-69-71-73-75-82(87)93-80(79-92-84(83(88)89)90-77-76-85(3,4)5)78-91-81(86)74-72-70-68-66-64-62-60-58-56-54-52-50-48-46-35-33-31-29-27-25-23-21-19-17-15-13-11-9-7-2/h18,20,24,26,30,32,80,84H,6-17,19,21-23,25,27-29,31,33-79H2,1-5H3/p+1/b20-18-,26-24-,32-30-. The summed E-state index contributed by atoms with van der Waals surface area (Å²) < 4.78 is 23.1. The van der Waals surface area contributed by atoms with Gasteiger partial charge in [-0.15, -0.1) is 0 Å². The molecule has 0 aromatic rings. The molecule has 0 fully saturated rings. The molecule has 2 atom stereocenters. The maximum Gasteiger partial charge on any atom is 0.361 e. The minimum atomic E-state index is -1.51. The Kier molecular flexibility index (Phi) is 73.3. The SMILES string of the molecule is CCCCCCC/C=C\C/C=C\C/C=C\CCCCCCCCCCCCCCCCCCCCCCCCCCC(=O)OC(COC(=O)CCCCCCCCCCCCCCCCCCCCCCCCCCCCCCC)COC(OCC[N+](C)(C)C)C(=O)O. The molecule has 0 rings (SSSR count). The van der Waals surface area contributed by atoms with E-state index in [1.807, 2.05) is 21.1 Å². The van der Waals surface area contributed by atoms with E-state index in [0.29, 0.717) is 17.4 Å². The van der Waals surface area contributed by atoms with Crippen LogP contribution in [0.2, 0.25) is 0 Å². The molecule has 0 aliphatic rings. The van der Waals surface area contributed by atoms with Crippen molar-refractivity contribution in [2.75, 3.05) is 47.5 Å². The van der Waals surface area contributed by atoms with E-state index in [4.69, 9.17) is 18.9 Å². The first-order valence-corrected chi connectivity index (χ1v) is 41.2. The highest BCUT2D eigenvalue weighted by Crippen LogP contribution is 2.20. The van der Waals surface area contributed by atoms with Crippen LogP contribution in [0.5, 0.6) is 0 Å². The minimum absolute atomic E-state index is 0.174. The molecule has 0 saturated carbocycles. The van der Waals surface area contributed by atoms with Gasteiger partial charge in [0.1, 0.15) is 13.2 Å². The van der Waals surface area contributed by atoms with Crippen LogP contribution in [0.4, 0.5) is 0 Å². The van der Waals surface area contributed by atoms with Crippen LogP contribution in [-0.4, -0.2) is 87.4 Å². The van der Waals surface area contributed by atoms with Crippen LogP contribution < -0.4 is 0 Å². The Labute approximate surface area is 579 Å². The zero-order chi connectivity index (χ0) is 67.5. The first kappa shape index (κ1) is 90.5. The normalized spacial score (nSPS) is 12.7. The lowest BCUT2D eigenvalue weighted by molar-refractivity contribution is -0.870. The van der Waals surface area contributed by atoms with Crippen molar-refractivity contribution in [2.45, 2.75) is 437 Å². The van der Waals surface area contributed by atoms with E-state index in [0.717, 1.165) is 51.4 Å². The van der Waals surface area contributed by atoms with Crippen molar-refractivity contribution in [3.05, 3.63) is 36.5 Å². The Balaban J connectivity index is 3.94. The number of unbranched alkanes of at least 4 members (excludes halogenated alkanes) is 57. The smallest absolute Gasteiger partial charge is 0.361 e. The zero-order valence-corrected chi connectivity index (χ0v) is 63.0. The van der Waals surface area contributed by atoms with Gasteiger partial charge in [-0.05, 0) is 51.4 Å². The van der Waals surface area contributed by atoms with Crippen molar-refractivity contribution in [1.29, 1.82) is 0 Å². The fraction of sp³-hybridized carbons (Fsp3) is 0.893. The first-order valence-electron chi connectivity index (χ1n) is 41.2. The molecule has 0 bridgehead atoms. The Hall–Kier alpha value is -2.49. The van der Waals surface area contributed by atoms with E-state index in [-0.39, 0.29) is 38.2 Å². The molecule has 0 amide bonds. The van der Waals surface area contributed by atoms with Crippen molar-refractivity contribution < 1.29 is 42.9 Å². The number of rotatable bonds is 78. The maximum absolute atomic E-state index is 13.0. The topological polar surface area (TPSA) is 108 Å². The summed E-state index contributed by atoms with van der Waals surface area (Å²) in [6, 6.07) is 0. The lowest BCUT2D eigenvalue weighted by Crippen LogP contribution is -2.40. The number of ether oxygens (including phenoxy) is 4. The lowest BCUT2D eigenvalue weighted by Gasteiger charge is -2.25. The number of carboxylic acids is 1. The summed E-state index contributed by atoms with van der Waals surface area (Å²) in [5.74, 6) is -1.97. The molecule has 0 aliphatic heterocycles. The molecule has 9 nitrogen and oxygen atoms in total. The molecule has 2 unspecified atom stereocenters. The molecule has 9 heteroatoms. The highest BCUT2D eigenvalue weighted by atomic mass is 16.7. The molecule has 0 aliphatic carbocycles. The zero-order valence-electron chi connectivity index (χ0n) is 63.0. The molecule has 1 N–H and O–H groups in total. The Bertz CT molecular complexity index is 1620. The van der Waals surface area contributed by atoms with Crippen molar-refractivity contribution >= 4 is 17.9 Å². The van der Waals surface area contributed by atoms with Gasteiger partial charge in [-0.3, -0.25) is 9.59 Å². The third kappa shape index (κ3) is 76.7. The van der Waals surface area contributed by atoms with Crippen LogP contribution in [0.25, 0.3) is 0 Å². The van der Waals surface area contributed by atoms with Crippen molar-refractivity contribution in [1.82, 2.24) is 0 Å². The Morgan fingerprint density at radius 2 is 0.581 bits per heavy atom. The summed E-state index contributed by atoms with van der Waals surface area (Å²) in [7, 11) is 6.00. The number of likely N-dealkylation sites (N-methyl/N-ethyl adjacent to an activating group) is 1. The van der Waals surface area contributed by atoms with Gasteiger partial charge in [-0.25, -0.2) is 4.79 Å². The number of carbonyl (C=O) groups excluding carboxylic acids is 2. The first-order chi connectivity index (χ1) is 45.6. The predicted octanol–water partition coefficient (Wildman–Crippen LogP) is 26.3. The Morgan fingerprint density at radius 3 is 0.860 bits per heavy atom. The van der Waals surface area contributed by atoms with Crippen LogP contribution in [0, 0.1) is 0 Å². The number of allylic oxidation sites excluding steroid dienone is 6. The second-order valence-corrected chi connectivity index (χ2v) is 29.4. The van der Waals surface area contributed by atoms with Crippen LogP contribution in [0.15, 0.2) is 36.5 Å². The van der Waals surface area contributed by atoms with Gasteiger partial charge in [0.05, 0.1) is 34.4 Å². The number of nitrogens with zero attached hydrogens (tertiary/aromatic N) is 1. The summed E-state index contributed by atoms with van der Waals surface area (Å²) in [6.07, 6.45) is 94.6. The number of aliphatic carboxylic acids is 1. The Morgan fingerprint density at radius 1 is 0.323 bits per heavy atom. The fourth-order valence-corrected chi connectivity index (χ4v) is 12.6. The molecule has 0 radical (unpaired) electrons. The molecule has 0 saturated heterocycles. The molecule has 548 valence electrons. The number of quaternary nitrogens is 1. The van der Waals surface area contributed by atoms with Crippen LogP contribution >= 0.6 is 0 Å². The second kappa shape index (κ2) is 75.3. The summed E-state index contributed by atoms with van der Waals surface area (Å²) >= 11 is 0. The number of carbonyl (C=O) groups is 3. The van der Waals surface area contributed by atoms with Gasteiger partial charge in [0.15, 0.2) is 6.10 Å². The van der Waals surface area contributed by atoms with Crippen molar-refractivity contribution in [2.24, 2.45) is 0 Å². The monoisotopic (exact) mass is 1310 g/mol. The molecular formula is C84H160NO8+. The highest BCUT2D eigenvalue weighted by molar-refractivity contribution is 5.71. The maximum atomic E-state index is 13.0. The van der Waals surface area contributed by atoms with E-state index in [1.54, 1.807) is 0 Å².